The van der Waals surface area contributed by atoms with Crippen LogP contribution in [0.1, 0.15) is 33.0 Å². The van der Waals surface area contributed by atoms with Crippen molar-refractivity contribution < 1.29 is 13.6 Å². The SMILES string of the molecule is Cc1cc(C(F)(F)Cl)n2nc(C(=O)Nc3cccc(C)c3C)cc2n1. The van der Waals surface area contributed by atoms with Crippen LogP contribution in [0, 0.1) is 20.8 Å². The van der Waals surface area contributed by atoms with Crippen LogP contribution in [0.2, 0.25) is 0 Å². The number of anilines is 1. The predicted octanol–water partition coefficient (Wildman–Crippen LogP) is 4.19. The van der Waals surface area contributed by atoms with Crippen molar-refractivity contribution in [2.24, 2.45) is 0 Å². The molecule has 1 aromatic carbocycles. The molecule has 0 fully saturated rings. The molecule has 1 amide bonds. The number of halogens is 3. The van der Waals surface area contributed by atoms with E-state index in [0.29, 0.717) is 11.4 Å². The Labute approximate surface area is 147 Å². The zero-order chi connectivity index (χ0) is 18.4. The van der Waals surface area contributed by atoms with E-state index in [1.54, 1.807) is 13.0 Å². The smallest absolute Gasteiger partial charge is 0.320 e. The molecule has 0 aliphatic carbocycles. The van der Waals surface area contributed by atoms with Crippen molar-refractivity contribution >= 4 is 28.8 Å². The Kier molecular flexibility index (Phi) is 4.20. The van der Waals surface area contributed by atoms with Crippen molar-refractivity contribution in [3.8, 4) is 0 Å². The maximum atomic E-state index is 13.6. The Bertz CT molecular complexity index is 979. The molecule has 0 saturated carbocycles. The minimum atomic E-state index is -3.63. The van der Waals surface area contributed by atoms with E-state index in [-0.39, 0.29) is 11.3 Å². The molecule has 25 heavy (non-hydrogen) atoms. The number of aryl methyl sites for hydroxylation is 2. The minimum Gasteiger partial charge on any atom is -0.320 e. The van der Waals surface area contributed by atoms with E-state index in [4.69, 9.17) is 11.6 Å². The van der Waals surface area contributed by atoms with Crippen LogP contribution in [0.25, 0.3) is 5.65 Å². The number of alkyl halides is 3. The van der Waals surface area contributed by atoms with Crippen LogP contribution in [0.15, 0.2) is 30.3 Å². The molecule has 0 aliphatic heterocycles. The first-order valence-corrected chi connectivity index (χ1v) is 7.87. The summed E-state index contributed by atoms with van der Waals surface area (Å²) in [6.45, 7) is 5.37. The maximum Gasteiger partial charge on any atom is 0.364 e. The molecule has 3 aromatic rings. The number of hydrogen-bond donors (Lipinski definition) is 1. The number of rotatable bonds is 3. The van der Waals surface area contributed by atoms with Crippen LogP contribution in [-0.4, -0.2) is 20.5 Å². The average molecular weight is 365 g/mol. The fraction of sp³-hybridized carbons (Fsp3) is 0.235. The van der Waals surface area contributed by atoms with Gasteiger partial charge in [-0.05, 0) is 55.6 Å². The van der Waals surface area contributed by atoms with Gasteiger partial charge in [-0.1, -0.05) is 12.1 Å². The van der Waals surface area contributed by atoms with Gasteiger partial charge < -0.3 is 5.32 Å². The lowest BCUT2D eigenvalue weighted by atomic mass is 10.1. The summed E-state index contributed by atoms with van der Waals surface area (Å²) in [5.74, 6) is -0.513. The topological polar surface area (TPSA) is 59.3 Å². The molecular weight excluding hydrogens is 350 g/mol. The number of nitrogens with one attached hydrogen (secondary N) is 1. The highest BCUT2D eigenvalue weighted by atomic mass is 35.5. The van der Waals surface area contributed by atoms with Gasteiger partial charge in [-0.25, -0.2) is 9.50 Å². The van der Waals surface area contributed by atoms with Gasteiger partial charge in [0, 0.05) is 17.4 Å². The van der Waals surface area contributed by atoms with Crippen LogP contribution in [0.3, 0.4) is 0 Å². The molecule has 0 aliphatic rings. The number of aromatic nitrogens is 3. The third-order valence-electron chi connectivity index (χ3n) is 3.93. The average Bonchev–Trinajstić information content (AvgIpc) is 2.93. The van der Waals surface area contributed by atoms with Crippen LogP contribution < -0.4 is 5.32 Å². The van der Waals surface area contributed by atoms with Crippen LogP contribution in [-0.2, 0) is 5.38 Å². The van der Waals surface area contributed by atoms with Crippen molar-refractivity contribution in [3.63, 3.8) is 0 Å². The normalized spacial score (nSPS) is 11.8. The second-order valence-corrected chi connectivity index (χ2v) is 6.26. The Balaban J connectivity index is 2.02. The first-order valence-electron chi connectivity index (χ1n) is 7.49. The monoisotopic (exact) mass is 364 g/mol. The second-order valence-electron chi connectivity index (χ2n) is 5.78. The zero-order valence-corrected chi connectivity index (χ0v) is 14.5. The molecule has 3 rings (SSSR count). The van der Waals surface area contributed by atoms with Gasteiger partial charge in [0.2, 0.25) is 0 Å². The summed E-state index contributed by atoms with van der Waals surface area (Å²) in [6, 6.07) is 7.99. The van der Waals surface area contributed by atoms with Crippen molar-refractivity contribution in [3.05, 3.63) is 58.5 Å². The third-order valence-corrected chi connectivity index (χ3v) is 4.12. The molecule has 0 radical (unpaired) electrons. The van der Waals surface area contributed by atoms with Gasteiger partial charge in [-0.15, -0.1) is 0 Å². The molecule has 2 aromatic heterocycles. The lowest BCUT2D eigenvalue weighted by Crippen LogP contribution is -2.15. The molecule has 0 unspecified atom stereocenters. The molecule has 0 bridgehead atoms. The number of nitrogens with zero attached hydrogens (tertiary/aromatic N) is 3. The van der Waals surface area contributed by atoms with Crippen molar-refractivity contribution in [1.29, 1.82) is 0 Å². The van der Waals surface area contributed by atoms with E-state index >= 15 is 0 Å². The van der Waals surface area contributed by atoms with Gasteiger partial charge in [0.15, 0.2) is 11.3 Å². The van der Waals surface area contributed by atoms with E-state index < -0.39 is 17.0 Å². The fourth-order valence-corrected chi connectivity index (χ4v) is 2.62. The molecular formula is C17H15ClF2N4O. The molecule has 0 atom stereocenters. The number of benzene rings is 1. The summed E-state index contributed by atoms with van der Waals surface area (Å²) >= 11 is 5.14. The van der Waals surface area contributed by atoms with Crippen LogP contribution in [0.5, 0.6) is 0 Å². The molecule has 130 valence electrons. The van der Waals surface area contributed by atoms with Crippen molar-refractivity contribution in [2.45, 2.75) is 26.2 Å². The molecule has 0 saturated heterocycles. The maximum absolute atomic E-state index is 13.6. The number of fused-ring (bicyclic) bond motifs is 1. The van der Waals surface area contributed by atoms with Crippen molar-refractivity contribution in [1.82, 2.24) is 14.6 Å². The van der Waals surface area contributed by atoms with Gasteiger partial charge in [0.25, 0.3) is 5.91 Å². The van der Waals surface area contributed by atoms with Crippen LogP contribution in [0.4, 0.5) is 14.5 Å². The van der Waals surface area contributed by atoms with Gasteiger partial charge in [0.1, 0.15) is 5.69 Å². The quantitative estimate of drug-likeness (QED) is 0.709. The van der Waals surface area contributed by atoms with Gasteiger partial charge in [-0.3, -0.25) is 4.79 Å². The second kappa shape index (κ2) is 6.07. The Morgan fingerprint density at radius 2 is 1.96 bits per heavy atom. The molecule has 1 N–H and O–H groups in total. The summed E-state index contributed by atoms with van der Waals surface area (Å²) in [6.07, 6.45) is 0. The Hall–Kier alpha value is -2.54. The third kappa shape index (κ3) is 3.32. The van der Waals surface area contributed by atoms with E-state index in [9.17, 15) is 13.6 Å². The van der Waals surface area contributed by atoms with Gasteiger partial charge in [0.05, 0.1) is 0 Å². The summed E-state index contributed by atoms with van der Waals surface area (Å²) in [5, 5.41) is 3.06. The first kappa shape index (κ1) is 17.3. The number of hydrogen-bond acceptors (Lipinski definition) is 3. The van der Waals surface area contributed by atoms with Crippen molar-refractivity contribution in [2.75, 3.05) is 5.32 Å². The Morgan fingerprint density at radius 1 is 1.24 bits per heavy atom. The number of carbonyl (C=O) groups excluding carboxylic acids is 1. The lowest BCUT2D eigenvalue weighted by Gasteiger charge is -2.10. The van der Waals surface area contributed by atoms with Crippen LogP contribution >= 0.6 is 11.6 Å². The Morgan fingerprint density at radius 3 is 2.64 bits per heavy atom. The van der Waals surface area contributed by atoms with E-state index in [2.05, 4.69) is 15.4 Å². The predicted molar refractivity (Wildman–Crippen MR) is 91.3 cm³/mol. The zero-order valence-electron chi connectivity index (χ0n) is 13.8. The number of carbonyl (C=O) groups is 1. The standard InChI is InChI=1S/C17H15ClF2N4O/c1-9-5-4-6-12(11(9)3)22-16(25)13-8-15-21-10(2)7-14(17(18,19)20)24(15)23-13/h4-8H,1-3H3,(H,22,25). The molecule has 2 heterocycles. The van der Waals surface area contributed by atoms with E-state index in [1.807, 2.05) is 26.0 Å². The highest BCUT2D eigenvalue weighted by Crippen LogP contribution is 2.32. The molecule has 0 spiro atoms. The first-order chi connectivity index (χ1) is 11.7. The highest BCUT2D eigenvalue weighted by Gasteiger charge is 2.32. The summed E-state index contributed by atoms with van der Waals surface area (Å²) < 4.78 is 28.1. The largest absolute Gasteiger partial charge is 0.364 e. The fourth-order valence-electron chi connectivity index (χ4n) is 2.49. The summed E-state index contributed by atoms with van der Waals surface area (Å²) in [4.78, 5) is 16.6. The summed E-state index contributed by atoms with van der Waals surface area (Å²) in [7, 11) is 0. The lowest BCUT2D eigenvalue weighted by molar-refractivity contribution is 0.0868. The van der Waals surface area contributed by atoms with Gasteiger partial charge >= 0.3 is 5.38 Å². The van der Waals surface area contributed by atoms with Gasteiger partial charge in [-0.2, -0.15) is 13.9 Å². The molecule has 8 heteroatoms. The highest BCUT2D eigenvalue weighted by molar-refractivity contribution is 6.21. The number of amides is 1. The van der Waals surface area contributed by atoms with E-state index in [1.165, 1.54) is 6.07 Å². The van der Waals surface area contributed by atoms with E-state index in [0.717, 1.165) is 21.7 Å². The molecule has 5 nitrogen and oxygen atoms in total. The summed E-state index contributed by atoms with van der Waals surface area (Å²) in [5.41, 5.74) is 2.49. The minimum absolute atomic E-state index is 0.0267.